The summed E-state index contributed by atoms with van der Waals surface area (Å²) < 4.78 is 10.9. The molecule has 1 saturated heterocycles. The molecule has 2 aliphatic rings. The second-order valence-electron chi connectivity index (χ2n) is 5.86. The van der Waals surface area contributed by atoms with Crippen LogP contribution in [-0.4, -0.2) is 39.9 Å². The Hall–Kier alpha value is -1.13. The summed E-state index contributed by atoms with van der Waals surface area (Å²) in [5.74, 6) is 2.36. The molecule has 1 unspecified atom stereocenters. The highest BCUT2D eigenvalue weighted by molar-refractivity contribution is 6.32. The number of nitrogens with one attached hydrogen (secondary N) is 1. The summed E-state index contributed by atoms with van der Waals surface area (Å²) in [5, 5.41) is 4.27. The quantitative estimate of drug-likeness (QED) is 0.927. The van der Waals surface area contributed by atoms with E-state index in [2.05, 4.69) is 10.2 Å². The molecule has 1 N–H and O–H groups in total. The van der Waals surface area contributed by atoms with Crippen LogP contribution in [0.25, 0.3) is 0 Å². The maximum absolute atomic E-state index is 6.20. The van der Waals surface area contributed by atoms with E-state index in [0.29, 0.717) is 16.8 Å². The molecular weight excluding hydrogens is 288 g/mol. The zero-order chi connectivity index (χ0) is 14.8. The Morgan fingerprint density at radius 3 is 2.62 bits per heavy atom. The van der Waals surface area contributed by atoms with Crippen molar-refractivity contribution in [2.45, 2.75) is 25.3 Å². The molecule has 1 heterocycles. The standard InChI is InChI=1S/C16H23ClN2O2/c1-20-15-9-14(16(21-2)8-12(15)17)19-7-3-6-18-13(10-19)11-4-5-11/h8-9,11,13,18H,3-7,10H2,1-2H3. The molecule has 1 aromatic carbocycles. The zero-order valence-corrected chi connectivity index (χ0v) is 13.4. The Balaban J connectivity index is 1.89. The number of ether oxygens (including phenoxy) is 2. The number of methoxy groups -OCH3 is 2. The molecule has 0 bridgehead atoms. The van der Waals surface area contributed by atoms with Gasteiger partial charge in [0.15, 0.2) is 0 Å². The van der Waals surface area contributed by atoms with E-state index in [1.807, 2.05) is 12.1 Å². The maximum atomic E-state index is 6.20. The van der Waals surface area contributed by atoms with Gasteiger partial charge >= 0.3 is 0 Å². The molecule has 1 aromatic rings. The third-order valence-electron chi connectivity index (χ3n) is 4.41. The Labute approximate surface area is 131 Å². The molecule has 5 heteroatoms. The fourth-order valence-corrected chi connectivity index (χ4v) is 3.31. The van der Waals surface area contributed by atoms with E-state index in [4.69, 9.17) is 21.1 Å². The average molecular weight is 311 g/mol. The van der Waals surface area contributed by atoms with Gasteiger partial charge in [-0.15, -0.1) is 0 Å². The molecule has 4 nitrogen and oxygen atoms in total. The Morgan fingerprint density at radius 2 is 1.95 bits per heavy atom. The fraction of sp³-hybridized carbons (Fsp3) is 0.625. The van der Waals surface area contributed by atoms with Gasteiger partial charge in [-0.05, 0) is 31.7 Å². The number of nitrogens with zero attached hydrogens (tertiary/aromatic N) is 1. The third-order valence-corrected chi connectivity index (χ3v) is 4.71. The molecule has 21 heavy (non-hydrogen) atoms. The predicted octanol–water partition coefficient (Wildman–Crippen LogP) is 2.94. The number of rotatable bonds is 4. The van der Waals surface area contributed by atoms with Crippen molar-refractivity contribution in [1.82, 2.24) is 5.32 Å². The molecule has 0 amide bonds. The minimum atomic E-state index is 0.582. The van der Waals surface area contributed by atoms with Crippen molar-refractivity contribution in [3.63, 3.8) is 0 Å². The first kappa shape index (κ1) is 14.8. The minimum absolute atomic E-state index is 0.582. The summed E-state index contributed by atoms with van der Waals surface area (Å²) in [5.41, 5.74) is 1.08. The monoisotopic (exact) mass is 310 g/mol. The second-order valence-corrected chi connectivity index (χ2v) is 6.26. The highest BCUT2D eigenvalue weighted by Gasteiger charge is 2.33. The molecule has 0 radical (unpaired) electrons. The number of hydrogen-bond donors (Lipinski definition) is 1. The van der Waals surface area contributed by atoms with Gasteiger partial charge in [-0.1, -0.05) is 11.6 Å². The lowest BCUT2D eigenvalue weighted by Gasteiger charge is -2.28. The van der Waals surface area contributed by atoms with Gasteiger partial charge in [0, 0.05) is 31.3 Å². The Morgan fingerprint density at radius 1 is 1.19 bits per heavy atom. The summed E-state index contributed by atoms with van der Waals surface area (Å²) in [6.45, 7) is 3.13. The number of anilines is 1. The first-order chi connectivity index (χ1) is 10.2. The van der Waals surface area contributed by atoms with E-state index in [9.17, 15) is 0 Å². The SMILES string of the molecule is COc1cc(N2CCCNC(C3CC3)C2)c(OC)cc1Cl. The van der Waals surface area contributed by atoms with E-state index in [0.717, 1.165) is 43.4 Å². The number of hydrogen-bond acceptors (Lipinski definition) is 4. The third kappa shape index (κ3) is 3.22. The van der Waals surface area contributed by atoms with Gasteiger partial charge in [-0.25, -0.2) is 0 Å². The lowest BCUT2D eigenvalue weighted by molar-refractivity contribution is 0.402. The first-order valence-electron chi connectivity index (χ1n) is 7.62. The number of halogens is 1. The largest absolute Gasteiger partial charge is 0.495 e. The molecule has 2 fully saturated rings. The van der Waals surface area contributed by atoms with Crippen LogP contribution in [0.3, 0.4) is 0 Å². The smallest absolute Gasteiger partial charge is 0.143 e. The Kier molecular flexibility index (Phi) is 4.45. The lowest BCUT2D eigenvalue weighted by Crippen LogP contribution is -2.39. The van der Waals surface area contributed by atoms with Crippen LogP contribution in [0.4, 0.5) is 5.69 Å². The van der Waals surface area contributed by atoms with Crippen molar-refractivity contribution in [3.05, 3.63) is 17.2 Å². The lowest BCUT2D eigenvalue weighted by atomic mass is 10.1. The van der Waals surface area contributed by atoms with Gasteiger partial charge < -0.3 is 19.7 Å². The van der Waals surface area contributed by atoms with Crippen LogP contribution in [0, 0.1) is 5.92 Å². The summed E-state index contributed by atoms with van der Waals surface area (Å²) in [6, 6.07) is 4.43. The van der Waals surface area contributed by atoms with Crippen molar-refractivity contribution in [2.24, 2.45) is 5.92 Å². The molecule has 0 spiro atoms. The van der Waals surface area contributed by atoms with Gasteiger partial charge in [0.25, 0.3) is 0 Å². The average Bonchev–Trinajstić information content (AvgIpc) is 3.32. The van der Waals surface area contributed by atoms with Crippen molar-refractivity contribution < 1.29 is 9.47 Å². The molecule has 0 aromatic heterocycles. The highest BCUT2D eigenvalue weighted by Crippen LogP contribution is 2.40. The maximum Gasteiger partial charge on any atom is 0.143 e. The molecule has 1 atom stereocenters. The van der Waals surface area contributed by atoms with Gasteiger partial charge in [0.05, 0.1) is 24.9 Å². The summed E-state index contributed by atoms with van der Waals surface area (Å²) in [6.07, 6.45) is 3.84. The molecule has 1 aliphatic heterocycles. The van der Waals surface area contributed by atoms with E-state index >= 15 is 0 Å². The van der Waals surface area contributed by atoms with Crippen molar-refractivity contribution >= 4 is 17.3 Å². The molecule has 1 saturated carbocycles. The summed E-state index contributed by atoms with van der Waals surface area (Å²) >= 11 is 6.20. The van der Waals surface area contributed by atoms with Gasteiger partial charge in [0.1, 0.15) is 11.5 Å². The van der Waals surface area contributed by atoms with Crippen LogP contribution in [-0.2, 0) is 0 Å². The van der Waals surface area contributed by atoms with E-state index in [-0.39, 0.29) is 0 Å². The zero-order valence-electron chi connectivity index (χ0n) is 12.7. The van der Waals surface area contributed by atoms with Crippen LogP contribution in [0.5, 0.6) is 11.5 Å². The molecular formula is C16H23ClN2O2. The molecule has 116 valence electrons. The minimum Gasteiger partial charge on any atom is -0.495 e. The van der Waals surface area contributed by atoms with E-state index < -0.39 is 0 Å². The van der Waals surface area contributed by atoms with Crippen LogP contribution in [0.1, 0.15) is 19.3 Å². The summed E-state index contributed by atoms with van der Waals surface area (Å²) in [7, 11) is 3.34. The van der Waals surface area contributed by atoms with Gasteiger partial charge in [-0.2, -0.15) is 0 Å². The first-order valence-corrected chi connectivity index (χ1v) is 8.00. The van der Waals surface area contributed by atoms with Crippen LogP contribution >= 0.6 is 11.6 Å². The van der Waals surface area contributed by atoms with Crippen LogP contribution < -0.4 is 19.7 Å². The van der Waals surface area contributed by atoms with Gasteiger partial charge in [-0.3, -0.25) is 0 Å². The van der Waals surface area contributed by atoms with Gasteiger partial charge in [0.2, 0.25) is 0 Å². The van der Waals surface area contributed by atoms with Crippen LogP contribution in [0.2, 0.25) is 5.02 Å². The van der Waals surface area contributed by atoms with Crippen molar-refractivity contribution in [2.75, 3.05) is 38.8 Å². The Bertz CT molecular complexity index is 505. The fourth-order valence-electron chi connectivity index (χ4n) is 3.08. The second kappa shape index (κ2) is 6.32. The molecule has 3 rings (SSSR count). The van der Waals surface area contributed by atoms with Crippen molar-refractivity contribution in [1.29, 1.82) is 0 Å². The van der Waals surface area contributed by atoms with Crippen molar-refractivity contribution in [3.8, 4) is 11.5 Å². The predicted molar refractivity (Wildman–Crippen MR) is 85.9 cm³/mol. The normalized spacial score (nSPS) is 22.8. The number of benzene rings is 1. The van der Waals surface area contributed by atoms with Crippen LogP contribution in [0.15, 0.2) is 12.1 Å². The van der Waals surface area contributed by atoms with E-state index in [1.165, 1.54) is 12.8 Å². The topological polar surface area (TPSA) is 33.7 Å². The molecule has 1 aliphatic carbocycles. The highest BCUT2D eigenvalue weighted by atomic mass is 35.5. The van der Waals surface area contributed by atoms with E-state index in [1.54, 1.807) is 14.2 Å². The summed E-state index contributed by atoms with van der Waals surface area (Å²) in [4.78, 5) is 2.40.